The lowest BCUT2D eigenvalue weighted by Gasteiger charge is -2.11. The van der Waals surface area contributed by atoms with E-state index in [1.165, 1.54) is 0 Å². The van der Waals surface area contributed by atoms with Gasteiger partial charge in [-0.05, 0) is 36.6 Å². The Bertz CT molecular complexity index is 342. The van der Waals surface area contributed by atoms with Gasteiger partial charge in [0.2, 0.25) is 0 Å². The SMILES string of the molecule is CCc1cc(C(F)(F)F)cc(C)c1Cl. The van der Waals surface area contributed by atoms with Crippen LogP contribution in [0.3, 0.4) is 0 Å². The van der Waals surface area contributed by atoms with E-state index in [1.54, 1.807) is 13.8 Å². The highest BCUT2D eigenvalue weighted by Gasteiger charge is 2.31. The highest BCUT2D eigenvalue weighted by atomic mass is 35.5. The molecule has 14 heavy (non-hydrogen) atoms. The van der Waals surface area contributed by atoms with E-state index in [2.05, 4.69) is 0 Å². The molecule has 1 aromatic carbocycles. The topological polar surface area (TPSA) is 0 Å². The molecule has 0 amide bonds. The van der Waals surface area contributed by atoms with E-state index in [-0.39, 0.29) is 0 Å². The molecule has 1 rings (SSSR count). The highest BCUT2D eigenvalue weighted by Crippen LogP contribution is 2.33. The van der Waals surface area contributed by atoms with Gasteiger partial charge in [0.15, 0.2) is 0 Å². The Morgan fingerprint density at radius 1 is 1.29 bits per heavy atom. The van der Waals surface area contributed by atoms with Crippen LogP contribution in [0, 0.1) is 6.92 Å². The summed E-state index contributed by atoms with van der Waals surface area (Å²) in [7, 11) is 0. The normalized spacial score (nSPS) is 11.9. The maximum atomic E-state index is 12.4. The third-order valence-electron chi connectivity index (χ3n) is 2.04. The van der Waals surface area contributed by atoms with E-state index in [1.807, 2.05) is 0 Å². The summed E-state index contributed by atoms with van der Waals surface area (Å²) in [6.07, 6.45) is -3.79. The zero-order valence-corrected chi connectivity index (χ0v) is 8.63. The molecule has 0 bridgehead atoms. The van der Waals surface area contributed by atoms with Crippen molar-refractivity contribution in [1.29, 1.82) is 0 Å². The van der Waals surface area contributed by atoms with Gasteiger partial charge >= 0.3 is 6.18 Å². The molecule has 0 fully saturated rings. The number of halogens is 4. The second-order valence-corrected chi connectivity index (χ2v) is 3.50. The molecule has 0 N–H and O–H groups in total. The molecule has 0 aliphatic heterocycles. The Balaban J connectivity index is 3.30. The van der Waals surface area contributed by atoms with E-state index in [0.29, 0.717) is 22.6 Å². The predicted molar refractivity (Wildman–Crippen MR) is 50.6 cm³/mol. The van der Waals surface area contributed by atoms with Gasteiger partial charge in [-0.25, -0.2) is 0 Å². The highest BCUT2D eigenvalue weighted by molar-refractivity contribution is 6.32. The molecule has 0 aliphatic carbocycles. The van der Waals surface area contributed by atoms with Crippen LogP contribution in [0.25, 0.3) is 0 Å². The standard InChI is InChI=1S/C10H10ClF3/c1-3-7-5-8(10(12,13)14)4-6(2)9(7)11/h4-5H,3H2,1-2H3. The van der Waals surface area contributed by atoms with Crippen molar-refractivity contribution in [3.8, 4) is 0 Å². The Labute approximate surface area is 85.7 Å². The summed E-state index contributed by atoms with van der Waals surface area (Å²) in [6.45, 7) is 3.36. The van der Waals surface area contributed by atoms with E-state index >= 15 is 0 Å². The van der Waals surface area contributed by atoms with E-state index in [9.17, 15) is 13.2 Å². The van der Waals surface area contributed by atoms with Crippen LogP contribution in [0.5, 0.6) is 0 Å². The maximum absolute atomic E-state index is 12.4. The van der Waals surface area contributed by atoms with Gasteiger partial charge in [0.05, 0.1) is 5.56 Å². The van der Waals surface area contributed by atoms with Crippen LogP contribution in [-0.2, 0) is 12.6 Å². The Hall–Kier alpha value is -0.700. The predicted octanol–water partition coefficient (Wildman–Crippen LogP) is 4.23. The Kier molecular flexibility index (Phi) is 3.10. The summed E-state index contributed by atoms with van der Waals surface area (Å²) in [4.78, 5) is 0. The smallest absolute Gasteiger partial charge is 0.166 e. The van der Waals surface area contributed by atoms with Crippen molar-refractivity contribution in [3.05, 3.63) is 33.8 Å². The Morgan fingerprint density at radius 2 is 1.86 bits per heavy atom. The summed E-state index contributed by atoms with van der Waals surface area (Å²) in [6, 6.07) is 2.18. The lowest BCUT2D eigenvalue weighted by Crippen LogP contribution is -2.06. The fourth-order valence-electron chi connectivity index (χ4n) is 1.26. The molecule has 0 spiro atoms. The summed E-state index contributed by atoms with van der Waals surface area (Å²) in [5.74, 6) is 0. The van der Waals surface area contributed by atoms with E-state index in [4.69, 9.17) is 11.6 Å². The van der Waals surface area contributed by atoms with Crippen LogP contribution < -0.4 is 0 Å². The minimum atomic E-state index is -4.29. The summed E-state index contributed by atoms with van der Waals surface area (Å²) >= 11 is 5.85. The second-order valence-electron chi connectivity index (χ2n) is 3.12. The van der Waals surface area contributed by atoms with E-state index in [0.717, 1.165) is 12.1 Å². The minimum absolute atomic E-state index is 0.431. The van der Waals surface area contributed by atoms with Crippen LogP contribution in [-0.4, -0.2) is 0 Å². The number of alkyl halides is 3. The fraction of sp³-hybridized carbons (Fsp3) is 0.400. The minimum Gasteiger partial charge on any atom is -0.166 e. The van der Waals surface area contributed by atoms with Crippen LogP contribution in [0.4, 0.5) is 13.2 Å². The van der Waals surface area contributed by atoms with Crippen molar-refractivity contribution in [2.45, 2.75) is 26.4 Å². The van der Waals surface area contributed by atoms with Crippen molar-refractivity contribution >= 4 is 11.6 Å². The van der Waals surface area contributed by atoms with Gasteiger partial charge < -0.3 is 0 Å². The van der Waals surface area contributed by atoms with Crippen LogP contribution >= 0.6 is 11.6 Å². The van der Waals surface area contributed by atoms with Crippen molar-refractivity contribution in [2.24, 2.45) is 0 Å². The summed E-state index contributed by atoms with van der Waals surface area (Å²) < 4.78 is 37.1. The lowest BCUT2D eigenvalue weighted by atomic mass is 10.0. The molecule has 4 heteroatoms. The number of aryl methyl sites for hydroxylation is 2. The molecule has 1 aromatic rings. The van der Waals surface area contributed by atoms with Crippen LogP contribution in [0.1, 0.15) is 23.6 Å². The fourth-order valence-corrected chi connectivity index (χ4v) is 1.51. The largest absolute Gasteiger partial charge is 0.416 e. The molecule has 0 unspecified atom stereocenters. The summed E-state index contributed by atoms with van der Waals surface area (Å²) in [5, 5.41) is 0.431. The van der Waals surface area contributed by atoms with Crippen molar-refractivity contribution in [3.63, 3.8) is 0 Å². The third-order valence-corrected chi connectivity index (χ3v) is 2.58. The second kappa shape index (κ2) is 3.81. The van der Waals surface area contributed by atoms with Gasteiger partial charge in [0.25, 0.3) is 0 Å². The van der Waals surface area contributed by atoms with Crippen molar-refractivity contribution in [1.82, 2.24) is 0 Å². The molecule has 0 radical (unpaired) electrons. The van der Waals surface area contributed by atoms with E-state index < -0.39 is 11.7 Å². The first kappa shape index (κ1) is 11.4. The zero-order chi connectivity index (χ0) is 10.9. The monoisotopic (exact) mass is 222 g/mol. The van der Waals surface area contributed by atoms with Gasteiger partial charge in [-0.15, -0.1) is 0 Å². The van der Waals surface area contributed by atoms with Gasteiger partial charge in [0, 0.05) is 5.02 Å². The molecule has 0 atom stereocenters. The Morgan fingerprint density at radius 3 is 2.29 bits per heavy atom. The summed E-state index contributed by atoms with van der Waals surface area (Å²) in [5.41, 5.74) is 0.383. The quantitative estimate of drug-likeness (QED) is 0.667. The number of rotatable bonds is 1. The molecule has 0 saturated carbocycles. The van der Waals surface area contributed by atoms with Crippen LogP contribution in [0.2, 0.25) is 5.02 Å². The zero-order valence-electron chi connectivity index (χ0n) is 7.87. The molecule has 0 heterocycles. The average Bonchev–Trinajstić information content (AvgIpc) is 2.07. The molecule has 0 aromatic heterocycles. The molecule has 0 aliphatic rings. The number of hydrogen-bond donors (Lipinski definition) is 0. The van der Waals surface area contributed by atoms with Gasteiger partial charge in [-0.2, -0.15) is 13.2 Å². The first-order valence-corrected chi connectivity index (χ1v) is 4.60. The number of hydrogen-bond acceptors (Lipinski definition) is 0. The third kappa shape index (κ3) is 2.21. The van der Waals surface area contributed by atoms with Gasteiger partial charge in [0.1, 0.15) is 0 Å². The first-order valence-electron chi connectivity index (χ1n) is 4.22. The van der Waals surface area contributed by atoms with Gasteiger partial charge in [-0.1, -0.05) is 18.5 Å². The molecule has 0 saturated heterocycles. The van der Waals surface area contributed by atoms with Gasteiger partial charge in [-0.3, -0.25) is 0 Å². The first-order chi connectivity index (χ1) is 6.36. The van der Waals surface area contributed by atoms with Crippen molar-refractivity contribution in [2.75, 3.05) is 0 Å². The maximum Gasteiger partial charge on any atom is 0.416 e. The lowest BCUT2D eigenvalue weighted by molar-refractivity contribution is -0.137. The molecular weight excluding hydrogens is 213 g/mol. The van der Waals surface area contributed by atoms with Crippen molar-refractivity contribution < 1.29 is 13.2 Å². The van der Waals surface area contributed by atoms with Crippen LogP contribution in [0.15, 0.2) is 12.1 Å². The molecule has 78 valence electrons. The number of benzene rings is 1. The molecule has 0 nitrogen and oxygen atoms in total. The average molecular weight is 223 g/mol. The molecular formula is C10H10ClF3.